The van der Waals surface area contributed by atoms with Crippen LogP contribution < -0.4 is 10.6 Å². The molecule has 0 bridgehead atoms. The smallest absolute Gasteiger partial charge is 0.408 e. The summed E-state index contributed by atoms with van der Waals surface area (Å²) in [5.41, 5.74) is 1.93. The predicted octanol–water partition coefficient (Wildman–Crippen LogP) is 5.38. The van der Waals surface area contributed by atoms with E-state index in [4.69, 9.17) is 49.0 Å². The number of hydrogen-bond acceptors (Lipinski definition) is 7. The fourth-order valence-corrected chi connectivity index (χ4v) is 4.93. The standard InChI is InChI=1S/C26H25Cl3IN3O7/c1-15(31-24(36)39-13-16-8-4-3-5-9-16)22(34)33-20-11-7-6-10-17(20)18(21(33)30)12-19(23(35)38-2)32-25(37)40-14-26(27,28)29/h3-11,15,19H,12-14H2,1-2H3,(H,31,36)(H,32,37)/t15-,19+/m0/s1. The van der Waals surface area contributed by atoms with E-state index in [-0.39, 0.29) is 13.0 Å². The molecule has 40 heavy (non-hydrogen) atoms. The number of alkyl halides is 3. The van der Waals surface area contributed by atoms with Gasteiger partial charge in [-0.15, -0.1) is 0 Å². The van der Waals surface area contributed by atoms with Gasteiger partial charge in [-0.05, 0) is 46.7 Å². The Balaban J connectivity index is 1.81. The second kappa shape index (κ2) is 14.2. The number of alkyl carbamates (subject to hydrolysis) is 2. The molecule has 0 aliphatic heterocycles. The van der Waals surface area contributed by atoms with Gasteiger partial charge in [0.05, 0.1) is 16.3 Å². The highest BCUT2D eigenvalue weighted by molar-refractivity contribution is 14.1. The number of halogens is 4. The van der Waals surface area contributed by atoms with E-state index < -0.39 is 46.5 Å². The molecule has 1 aromatic heterocycles. The first kappa shape index (κ1) is 31.8. The number of rotatable bonds is 9. The Morgan fingerprint density at radius 1 is 0.950 bits per heavy atom. The molecule has 0 fully saturated rings. The maximum atomic E-state index is 13.5. The number of methoxy groups -OCH3 is 1. The first-order valence-corrected chi connectivity index (χ1v) is 14.0. The molecule has 3 rings (SSSR count). The third-order valence-corrected chi connectivity index (χ3v) is 7.07. The summed E-state index contributed by atoms with van der Waals surface area (Å²) in [6, 6.07) is 14.0. The quantitative estimate of drug-likeness (QED) is 0.131. The molecule has 2 amide bonds. The topological polar surface area (TPSA) is 125 Å². The summed E-state index contributed by atoms with van der Waals surface area (Å²) in [6.45, 7) is 1.05. The number of aromatic nitrogens is 1. The number of carbonyl (C=O) groups excluding carboxylic acids is 4. The van der Waals surface area contributed by atoms with Crippen molar-refractivity contribution in [2.24, 2.45) is 0 Å². The zero-order valence-electron chi connectivity index (χ0n) is 21.3. The lowest BCUT2D eigenvalue weighted by Gasteiger charge is -2.18. The van der Waals surface area contributed by atoms with E-state index in [1.165, 1.54) is 18.6 Å². The number of fused-ring (bicyclic) bond motifs is 1. The van der Waals surface area contributed by atoms with E-state index in [9.17, 15) is 19.2 Å². The molecule has 214 valence electrons. The first-order valence-electron chi connectivity index (χ1n) is 11.8. The van der Waals surface area contributed by atoms with Crippen LogP contribution >= 0.6 is 57.4 Å². The van der Waals surface area contributed by atoms with Gasteiger partial charge in [-0.25, -0.2) is 14.4 Å². The van der Waals surface area contributed by atoms with E-state index >= 15 is 0 Å². The number of esters is 1. The zero-order valence-corrected chi connectivity index (χ0v) is 25.7. The largest absolute Gasteiger partial charge is 0.467 e. The van der Waals surface area contributed by atoms with Crippen LogP contribution in [0.25, 0.3) is 10.9 Å². The molecule has 2 aromatic carbocycles. The number of para-hydroxylation sites is 1. The van der Waals surface area contributed by atoms with Gasteiger partial charge in [0.1, 0.15) is 25.3 Å². The van der Waals surface area contributed by atoms with Crippen molar-refractivity contribution in [2.45, 2.75) is 35.8 Å². The maximum absolute atomic E-state index is 13.5. The van der Waals surface area contributed by atoms with Crippen molar-refractivity contribution in [3.05, 3.63) is 69.4 Å². The summed E-state index contributed by atoms with van der Waals surface area (Å²) in [4.78, 5) is 50.7. The molecule has 10 nitrogen and oxygen atoms in total. The number of nitrogens with zero attached hydrogens (tertiary/aromatic N) is 1. The summed E-state index contributed by atoms with van der Waals surface area (Å²) in [5, 5.41) is 5.62. The Morgan fingerprint density at radius 2 is 1.57 bits per heavy atom. The number of hydrogen-bond donors (Lipinski definition) is 2. The number of ether oxygens (including phenoxy) is 3. The van der Waals surface area contributed by atoms with Crippen LogP contribution in [0.2, 0.25) is 0 Å². The third-order valence-electron chi connectivity index (χ3n) is 5.61. The Kier molecular flexibility index (Phi) is 11.3. The van der Waals surface area contributed by atoms with E-state index in [0.29, 0.717) is 20.2 Å². The summed E-state index contributed by atoms with van der Waals surface area (Å²) < 4.78 is 15.0. The van der Waals surface area contributed by atoms with Crippen molar-refractivity contribution in [2.75, 3.05) is 13.7 Å². The number of nitrogens with one attached hydrogen (secondary N) is 2. The molecule has 0 radical (unpaired) electrons. The Bertz CT molecular complexity index is 1380. The molecular formula is C26H25Cl3IN3O7. The van der Waals surface area contributed by atoms with Crippen LogP contribution in [0.5, 0.6) is 0 Å². The molecule has 0 spiro atoms. The van der Waals surface area contributed by atoms with Crippen LogP contribution in [-0.2, 0) is 32.0 Å². The monoisotopic (exact) mass is 723 g/mol. The molecule has 1 heterocycles. The van der Waals surface area contributed by atoms with E-state index in [1.807, 2.05) is 52.9 Å². The fourth-order valence-electron chi connectivity index (χ4n) is 3.75. The van der Waals surface area contributed by atoms with Crippen molar-refractivity contribution in [3.8, 4) is 0 Å². The van der Waals surface area contributed by atoms with Crippen molar-refractivity contribution in [1.82, 2.24) is 15.2 Å². The third kappa shape index (κ3) is 8.63. The maximum Gasteiger partial charge on any atom is 0.408 e. The van der Waals surface area contributed by atoms with Crippen LogP contribution in [0.15, 0.2) is 54.6 Å². The minimum absolute atomic E-state index is 0.0461. The molecule has 0 aliphatic rings. The van der Waals surface area contributed by atoms with Crippen molar-refractivity contribution in [3.63, 3.8) is 0 Å². The summed E-state index contributed by atoms with van der Waals surface area (Å²) in [7, 11) is 1.17. The van der Waals surface area contributed by atoms with Crippen molar-refractivity contribution < 1.29 is 33.4 Å². The zero-order chi connectivity index (χ0) is 29.4. The first-order chi connectivity index (χ1) is 18.9. The van der Waals surface area contributed by atoms with Crippen LogP contribution in [-0.4, -0.2) is 58.2 Å². The average Bonchev–Trinajstić information content (AvgIpc) is 3.20. The summed E-state index contributed by atoms with van der Waals surface area (Å²) in [5.74, 6) is -1.19. The highest BCUT2D eigenvalue weighted by Crippen LogP contribution is 2.30. The molecule has 3 aromatic rings. The van der Waals surface area contributed by atoms with Crippen LogP contribution in [0.3, 0.4) is 0 Å². The Morgan fingerprint density at radius 3 is 2.23 bits per heavy atom. The van der Waals surface area contributed by atoms with Gasteiger partial charge in [0.25, 0.3) is 5.91 Å². The van der Waals surface area contributed by atoms with E-state index in [1.54, 1.807) is 24.3 Å². The molecule has 14 heteroatoms. The molecule has 2 atom stereocenters. The normalized spacial score (nSPS) is 12.8. The lowest BCUT2D eigenvalue weighted by Crippen LogP contribution is -2.44. The molecule has 0 aliphatic carbocycles. The van der Waals surface area contributed by atoms with Crippen molar-refractivity contribution in [1.29, 1.82) is 0 Å². The summed E-state index contributed by atoms with van der Waals surface area (Å²) >= 11 is 18.8. The number of carbonyl (C=O) groups is 4. The van der Waals surface area contributed by atoms with Gasteiger partial charge in [-0.1, -0.05) is 83.3 Å². The fraction of sp³-hybridized carbons (Fsp3) is 0.308. The molecule has 2 N–H and O–H groups in total. The average molecular weight is 725 g/mol. The molecule has 0 unspecified atom stereocenters. The predicted molar refractivity (Wildman–Crippen MR) is 159 cm³/mol. The Hall–Kier alpha value is -2.74. The van der Waals surface area contributed by atoms with Gasteiger partial charge in [0.15, 0.2) is 0 Å². The minimum Gasteiger partial charge on any atom is -0.467 e. The second-order valence-corrected chi connectivity index (χ2v) is 12.0. The summed E-state index contributed by atoms with van der Waals surface area (Å²) in [6.07, 6.45) is -1.79. The molecule has 0 saturated carbocycles. The minimum atomic E-state index is -1.83. The van der Waals surface area contributed by atoms with Gasteiger partial charge < -0.3 is 24.8 Å². The van der Waals surface area contributed by atoms with Crippen LogP contribution in [0.1, 0.15) is 22.8 Å². The number of amides is 2. The van der Waals surface area contributed by atoms with Gasteiger partial charge in [-0.3, -0.25) is 9.36 Å². The second-order valence-electron chi connectivity index (χ2n) is 8.50. The lowest BCUT2D eigenvalue weighted by molar-refractivity contribution is -0.142. The van der Waals surface area contributed by atoms with Gasteiger partial charge in [0.2, 0.25) is 3.79 Å². The van der Waals surface area contributed by atoms with Crippen molar-refractivity contribution >= 4 is 92.4 Å². The van der Waals surface area contributed by atoms with E-state index in [2.05, 4.69) is 10.6 Å². The van der Waals surface area contributed by atoms with Gasteiger partial charge in [0, 0.05) is 11.8 Å². The number of benzene rings is 2. The van der Waals surface area contributed by atoms with Crippen LogP contribution in [0, 0.1) is 3.70 Å². The highest BCUT2D eigenvalue weighted by atomic mass is 127. The Labute approximate surface area is 258 Å². The molecule has 0 saturated heterocycles. The lowest BCUT2D eigenvalue weighted by atomic mass is 10.1. The van der Waals surface area contributed by atoms with E-state index in [0.717, 1.165) is 5.56 Å². The van der Waals surface area contributed by atoms with Gasteiger partial charge >= 0.3 is 18.2 Å². The molecular weight excluding hydrogens is 700 g/mol. The highest BCUT2D eigenvalue weighted by Gasteiger charge is 2.30. The van der Waals surface area contributed by atoms with Gasteiger partial charge in [-0.2, -0.15) is 0 Å². The SMILES string of the molecule is COC(=O)[C@@H](Cc1c(I)n(C(=O)[C@H](C)NC(=O)OCc2ccccc2)c2ccccc12)NC(=O)OCC(Cl)(Cl)Cl. The van der Waals surface area contributed by atoms with Crippen LogP contribution in [0.4, 0.5) is 9.59 Å².